The molecule has 1 aromatic heterocycles. The van der Waals surface area contributed by atoms with Crippen LogP contribution in [0, 0.1) is 11.8 Å². The van der Waals surface area contributed by atoms with Crippen LogP contribution in [-0.2, 0) is 6.54 Å². The number of halogens is 1. The third kappa shape index (κ3) is 2.23. The van der Waals surface area contributed by atoms with Crippen LogP contribution in [-0.4, -0.2) is 39.7 Å². The highest BCUT2D eigenvalue weighted by molar-refractivity contribution is 9.10. The lowest BCUT2D eigenvalue weighted by atomic mass is 10.00. The Labute approximate surface area is 121 Å². The molecule has 1 aliphatic carbocycles. The minimum atomic E-state index is -0.215. The number of carbonyl (C=O) groups is 1. The van der Waals surface area contributed by atoms with Gasteiger partial charge in [-0.2, -0.15) is 0 Å². The minimum Gasteiger partial charge on any atom is -0.393 e. The van der Waals surface area contributed by atoms with Crippen LogP contribution in [0.1, 0.15) is 30.3 Å². The Balaban J connectivity index is 1.78. The molecule has 3 unspecified atom stereocenters. The molecule has 4 nitrogen and oxygen atoms in total. The van der Waals surface area contributed by atoms with Gasteiger partial charge in [-0.1, -0.05) is 0 Å². The Hall–Kier alpha value is -0.810. The Morgan fingerprint density at radius 2 is 2.26 bits per heavy atom. The number of rotatable bonds is 2. The van der Waals surface area contributed by atoms with Gasteiger partial charge in [0.05, 0.1) is 6.10 Å². The Kier molecular flexibility index (Phi) is 3.43. The van der Waals surface area contributed by atoms with Gasteiger partial charge in [0.2, 0.25) is 0 Å². The number of nitrogens with zero attached hydrogens (tertiary/aromatic N) is 2. The lowest BCUT2D eigenvalue weighted by Gasteiger charge is -2.19. The number of aliphatic hydroxyl groups excluding tert-OH is 1. The lowest BCUT2D eigenvalue weighted by Crippen LogP contribution is -2.32. The highest BCUT2D eigenvalue weighted by Gasteiger charge is 2.43. The number of hydrogen-bond acceptors (Lipinski definition) is 2. The number of likely N-dealkylation sites (tertiary alicyclic amines) is 1. The van der Waals surface area contributed by atoms with Crippen LogP contribution in [0.5, 0.6) is 0 Å². The van der Waals surface area contributed by atoms with Crippen molar-refractivity contribution in [3.63, 3.8) is 0 Å². The quantitative estimate of drug-likeness (QED) is 0.904. The molecule has 104 valence electrons. The average molecular weight is 327 g/mol. The van der Waals surface area contributed by atoms with Crippen molar-refractivity contribution >= 4 is 21.8 Å². The van der Waals surface area contributed by atoms with Crippen molar-refractivity contribution in [2.45, 2.75) is 32.4 Å². The molecule has 0 bridgehead atoms. The van der Waals surface area contributed by atoms with Crippen molar-refractivity contribution in [2.75, 3.05) is 13.1 Å². The van der Waals surface area contributed by atoms with Gasteiger partial charge in [-0.05, 0) is 47.7 Å². The molecule has 2 heterocycles. The summed E-state index contributed by atoms with van der Waals surface area (Å²) < 4.78 is 2.91. The summed E-state index contributed by atoms with van der Waals surface area (Å²) in [7, 11) is 0. The number of aryl methyl sites for hydroxylation is 1. The van der Waals surface area contributed by atoms with Gasteiger partial charge in [0.15, 0.2) is 0 Å². The van der Waals surface area contributed by atoms with Crippen LogP contribution in [0.15, 0.2) is 16.7 Å². The zero-order valence-electron chi connectivity index (χ0n) is 11.1. The van der Waals surface area contributed by atoms with E-state index in [0.717, 1.165) is 36.1 Å². The second-order valence-electron chi connectivity index (χ2n) is 5.61. The summed E-state index contributed by atoms with van der Waals surface area (Å²) in [6.07, 6.45) is 3.67. The number of aliphatic hydroxyl groups is 1. The first-order valence-corrected chi connectivity index (χ1v) is 7.72. The van der Waals surface area contributed by atoms with Crippen molar-refractivity contribution in [2.24, 2.45) is 11.8 Å². The molecule has 2 fully saturated rings. The number of fused-ring (bicyclic) bond motifs is 1. The minimum absolute atomic E-state index is 0.0918. The molecule has 0 spiro atoms. The second kappa shape index (κ2) is 4.94. The van der Waals surface area contributed by atoms with Gasteiger partial charge in [0.25, 0.3) is 5.91 Å². The predicted molar refractivity (Wildman–Crippen MR) is 75.9 cm³/mol. The topological polar surface area (TPSA) is 45.5 Å². The molecule has 5 heteroatoms. The van der Waals surface area contributed by atoms with Gasteiger partial charge >= 0.3 is 0 Å². The maximum atomic E-state index is 12.6. The third-order valence-corrected chi connectivity index (χ3v) is 4.96. The lowest BCUT2D eigenvalue weighted by molar-refractivity contribution is 0.0742. The molecule has 0 radical (unpaired) electrons. The molecule has 1 amide bonds. The molecular formula is C14H19BrN2O2. The van der Waals surface area contributed by atoms with E-state index in [-0.39, 0.29) is 17.9 Å². The number of amides is 1. The highest BCUT2D eigenvalue weighted by atomic mass is 79.9. The summed E-state index contributed by atoms with van der Waals surface area (Å²) in [5.41, 5.74) is 0.740. The zero-order valence-corrected chi connectivity index (χ0v) is 12.6. The first kappa shape index (κ1) is 13.2. The van der Waals surface area contributed by atoms with Crippen molar-refractivity contribution < 1.29 is 9.90 Å². The molecule has 1 saturated heterocycles. The molecule has 2 aliphatic rings. The zero-order chi connectivity index (χ0) is 13.6. The SMILES string of the molecule is CCn1cc(Br)cc1C(=O)N1CC2CCC(O)C2C1. The summed E-state index contributed by atoms with van der Waals surface area (Å²) in [6.45, 7) is 4.33. The largest absolute Gasteiger partial charge is 0.393 e. The normalized spacial score (nSPS) is 29.8. The second-order valence-corrected chi connectivity index (χ2v) is 6.52. The summed E-state index contributed by atoms with van der Waals surface area (Å²) in [5, 5.41) is 9.92. The van der Waals surface area contributed by atoms with Crippen molar-refractivity contribution in [3.8, 4) is 0 Å². The van der Waals surface area contributed by atoms with Gasteiger partial charge in [0.1, 0.15) is 5.69 Å². The number of carbonyl (C=O) groups excluding carboxylic acids is 1. The summed E-state index contributed by atoms with van der Waals surface area (Å²) in [4.78, 5) is 14.5. The first-order valence-electron chi connectivity index (χ1n) is 6.93. The van der Waals surface area contributed by atoms with Gasteiger partial charge < -0.3 is 14.6 Å². The van der Waals surface area contributed by atoms with E-state index < -0.39 is 0 Å². The van der Waals surface area contributed by atoms with E-state index in [1.165, 1.54) is 0 Å². The van der Waals surface area contributed by atoms with E-state index in [1.807, 2.05) is 28.7 Å². The highest BCUT2D eigenvalue weighted by Crippen LogP contribution is 2.38. The van der Waals surface area contributed by atoms with E-state index in [9.17, 15) is 9.90 Å². The number of aromatic nitrogens is 1. The maximum Gasteiger partial charge on any atom is 0.270 e. The first-order chi connectivity index (χ1) is 9.10. The van der Waals surface area contributed by atoms with Gasteiger partial charge in [0, 0.05) is 36.2 Å². The molecule has 1 aliphatic heterocycles. The Morgan fingerprint density at radius 3 is 2.95 bits per heavy atom. The van der Waals surface area contributed by atoms with E-state index in [2.05, 4.69) is 15.9 Å². The molecule has 19 heavy (non-hydrogen) atoms. The van der Waals surface area contributed by atoms with Crippen LogP contribution in [0.2, 0.25) is 0 Å². The molecule has 1 aromatic rings. The fourth-order valence-corrected chi connectivity index (χ4v) is 3.94. The van der Waals surface area contributed by atoms with E-state index in [1.54, 1.807) is 0 Å². The van der Waals surface area contributed by atoms with Crippen molar-refractivity contribution in [1.29, 1.82) is 0 Å². The van der Waals surface area contributed by atoms with Gasteiger partial charge in [-0.25, -0.2) is 0 Å². The summed E-state index contributed by atoms with van der Waals surface area (Å²) in [6, 6.07) is 1.89. The molecule has 1 saturated carbocycles. The molecule has 3 atom stereocenters. The summed E-state index contributed by atoms with van der Waals surface area (Å²) >= 11 is 3.43. The third-order valence-electron chi connectivity index (χ3n) is 4.53. The fraction of sp³-hybridized carbons (Fsp3) is 0.643. The Bertz CT molecular complexity index is 500. The van der Waals surface area contributed by atoms with Crippen LogP contribution in [0.25, 0.3) is 0 Å². The van der Waals surface area contributed by atoms with Crippen LogP contribution < -0.4 is 0 Å². The summed E-state index contributed by atoms with van der Waals surface area (Å²) in [5.74, 6) is 0.874. The van der Waals surface area contributed by atoms with Crippen molar-refractivity contribution in [3.05, 3.63) is 22.4 Å². The van der Waals surface area contributed by atoms with E-state index in [0.29, 0.717) is 12.5 Å². The van der Waals surface area contributed by atoms with E-state index in [4.69, 9.17) is 0 Å². The van der Waals surface area contributed by atoms with Gasteiger partial charge in [-0.3, -0.25) is 4.79 Å². The van der Waals surface area contributed by atoms with Gasteiger partial charge in [-0.15, -0.1) is 0 Å². The predicted octanol–water partition coefficient (Wildman–Crippen LogP) is 2.11. The van der Waals surface area contributed by atoms with Crippen LogP contribution >= 0.6 is 15.9 Å². The molecule has 0 aromatic carbocycles. The van der Waals surface area contributed by atoms with Crippen molar-refractivity contribution in [1.82, 2.24) is 9.47 Å². The number of hydrogen-bond donors (Lipinski definition) is 1. The fourth-order valence-electron chi connectivity index (χ4n) is 3.48. The molecule has 3 rings (SSSR count). The standard InChI is InChI=1S/C14H19BrN2O2/c1-2-16-7-10(15)5-12(16)14(19)17-6-9-3-4-13(18)11(9)8-17/h5,7,9,11,13,18H,2-4,6,8H2,1H3. The molecular weight excluding hydrogens is 308 g/mol. The maximum absolute atomic E-state index is 12.6. The van der Waals surface area contributed by atoms with Crippen LogP contribution in [0.4, 0.5) is 0 Å². The Morgan fingerprint density at radius 1 is 1.47 bits per heavy atom. The molecule has 1 N–H and O–H groups in total. The average Bonchev–Trinajstić information content (AvgIpc) is 3.05. The van der Waals surface area contributed by atoms with E-state index >= 15 is 0 Å². The van der Waals surface area contributed by atoms with Crippen LogP contribution in [0.3, 0.4) is 0 Å². The monoisotopic (exact) mass is 326 g/mol. The smallest absolute Gasteiger partial charge is 0.270 e.